The van der Waals surface area contributed by atoms with Gasteiger partial charge in [0.05, 0.1) is 19.3 Å². The first-order valence-corrected chi connectivity index (χ1v) is 5.83. The van der Waals surface area contributed by atoms with Gasteiger partial charge in [-0.3, -0.25) is 4.79 Å². The molecule has 2 N–H and O–H groups in total. The number of aliphatic hydroxyl groups excluding tert-OH is 1. The van der Waals surface area contributed by atoms with Gasteiger partial charge in [-0.15, -0.1) is 0 Å². The van der Waals surface area contributed by atoms with E-state index >= 15 is 0 Å². The van der Waals surface area contributed by atoms with Crippen molar-refractivity contribution in [1.82, 2.24) is 5.32 Å². The van der Waals surface area contributed by atoms with Gasteiger partial charge in [-0.1, -0.05) is 0 Å². The van der Waals surface area contributed by atoms with Crippen LogP contribution in [0.5, 0.6) is 5.75 Å². The van der Waals surface area contributed by atoms with Crippen molar-refractivity contribution in [3.05, 3.63) is 29.8 Å². The van der Waals surface area contributed by atoms with Gasteiger partial charge >= 0.3 is 0 Å². The Kier molecular flexibility index (Phi) is 3.64. The van der Waals surface area contributed by atoms with E-state index in [2.05, 4.69) is 5.32 Å². The topological polar surface area (TPSA) is 58.6 Å². The van der Waals surface area contributed by atoms with Crippen LogP contribution in [0.1, 0.15) is 29.6 Å². The first kappa shape index (κ1) is 11.9. The number of rotatable bonds is 3. The standard InChI is InChI=1S/C13H17NO3/c1-17-10-7-5-9(6-8-10)13(16)14-11-3-2-4-12(11)15/h5-8,11-12,15H,2-4H2,1H3,(H,14,16). The Labute approximate surface area is 101 Å². The summed E-state index contributed by atoms with van der Waals surface area (Å²) < 4.78 is 5.03. The number of hydrogen-bond donors (Lipinski definition) is 2. The number of aliphatic hydroxyl groups is 1. The van der Waals surface area contributed by atoms with Crippen molar-refractivity contribution in [2.45, 2.75) is 31.4 Å². The average Bonchev–Trinajstić information content (AvgIpc) is 2.75. The molecule has 0 aromatic heterocycles. The maximum absolute atomic E-state index is 11.9. The van der Waals surface area contributed by atoms with Crippen LogP contribution in [0.4, 0.5) is 0 Å². The van der Waals surface area contributed by atoms with Gasteiger partial charge in [0.15, 0.2) is 0 Å². The van der Waals surface area contributed by atoms with E-state index in [0.29, 0.717) is 5.56 Å². The SMILES string of the molecule is COc1ccc(C(=O)NC2CCCC2O)cc1. The van der Waals surface area contributed by atoms with Gasteiger partial charge in [0.1, 0.15) is 5.75 Å². The Morgan fingerprint density at radius 3 is 2.59 bits per heavy atom. The molecule has 0 saturated heterocycles. The summed E-state index contributed by atoms with van der Waals surface area (Å²) in [6.07, 6.45) is 2.18. The van der Waals surface area contributed by atoms with Crippen molar-refractivity contribution in [2.24, 2.45) is 0 Å². The largest absolute Gasteiger partial charge is 0.497 e. The number of carbonyl (C=O) groups excluding carboxylic acids is 1. The fraction of sp³-hybridized carbons (Fsp3) is 0.462. The molecular weight excluding hydrogens is 218 g/mol. The van der Waals surface area contributed by atoms with Crippen LogP contribution >= 0.6 is 0 Å². The van der Waals surface area contributed by atoms with Crippen LogP contribution in [0, 0.1) is 0 Å². The maximum Gasteiger partial charge on any atom is 0.251 e. The van der Waals surface area contributed by atoms with Crippen LogP contribution in [0.25, 0.3) is 0 Å². The van der Waals surface area contributed by atoms with Crippen molar-refractivity contribution in [3.8, 4) is 5.75 Å². The van der Waals surface area contributed by atoms with E-state index in [-0.39, 0.29) is 11.9 Å². The molecule has 2 atom stereocenters. The summed E-state index contributed by atoms with van der Waals surface area (Å²) in [5.74, 6) is 0.584. The summed E-state index contributed by atoms with van der Waals surface area (Å²) in [5, 5.41) is 12.5. The van der Waals surface area contributed by atoms with Gasteiger partial charge in [0.2, 0.25) is 0 Å². The van der Waals surface area contributed by atoms with Crippen LogP contribution < -0.4 is 10.1 Å². The Morgan fingerprint density at radius 2 is 2.06 bits per heavy atom. The Bertz CT molecular complexity index is 388. The summed E-state index contributed by atoms with van der Waals surface area (Å²) >= 11 is 0. The van der Waals surface area contributed by atoms with Gasteiger partial charge in [-0.2, -0.15) is 0 Å². The zero-order valence-electron chi connectivity index (χ0n) is 9.85. The monoisotopic (exact) mass is 235 g/mol. The number of methoxy groups -OCH3 is 1. The summed E-state index contributed by atoms with van der Waals surface area (Å²) in [7, 11) is 1.59. The van der Waals surface area contributed by atoms with Crippen molar-refractivity contribution >= 4 is 5.91 Å². The molecule has 1 fully saturated rings. The van der Waals surface area contributed by atoms with Crippen LogP contribution in [-0.4, -0.2) is 30.3 Å². The second-order valence-corrected chi connectivity index (χ2v) is 4.31. The van der Waals surface area contributed by atoms with Crippen LogP contribution in [0.2, 0.25) is 0 Å². The molecule has 1 aromatic carbocycles. The molecule has 1 saturated carbocycles. The predicted molar refractivity (Wildman–Crippen MR) is 64.1 cm³/mol. The molecule has 0 heterocycles. The molecule has 1 aliphatic carbocycles. The lowest BCUT2D eigenvalue weighted by Gasteiger charge is -2.16. The fourth-order valence-corrected chi connectivity index (χ4v) is 2.10. The van der Waals surface area contributed by atoms with E-state index in [9.17, 15) is 9.90 Å². The zero-order chi connectivity index (χ0) is 12.3. The van der Waals surface area contributed by atoms with E-state index in [1.165, 1.54) is 0 Å². The molecule has 2 rings (SSSR count). The van der Waals surface area contributed by atoms with Crippen molar-refractivity contribution in [1.29, 1.82) is 0 Å². The lowest BCUT2D eigenvalue weighted by molar-refractivity contribution is 0.0873. The highest BCUT2D eigenvalue weighted by Crippen LogP contribution is 2.19. The number of carbonyl (C=O) groups is 1. The molecular formula is C13H17NO3. The Morgan fingerprint density at radius 1 is 1.35 bits per heavy atom. The lowest BCUT2D eigenvalue weighted by Crippen LogP contribution is -2.39. The lowest BCUT2D eigenvalue weighted by atomic mass is 10.1. The summed E-state index contributed by atoms with van der Waals surface area (Å²) in [4.78, 5) is 11.9. The number of nitrogens with one attached hydrogen (secondary N) is 1. The summed E-state index contributed by atoms with van der Waals surface area (Å²) in [5.41, 5.74) is 0.588. The van der Waals surface area contributed by atoms with Gasteiger partial charge in [0.25, 0.3) is 5.91 Å². The van der Waals surface area contributed by atoms with Gasteiger partial charge < -0.3 is 15.2 Å². The highest BCUT2D eigenvalue weighted by molar-refractivity contribution is 5.94. The van der Waals surface area contributed by atoms with Crippen LogP contribution in [0.15, 0.2) is 24.3 Å². The molecule has 0 spiro atoms. The minimum Gasteiger partial charge on any atom is -0.497 e. The third-order valence-electron chi connectivity index (χ3n) is 3.15. The van der Waals surface area contributed by atoms with Gasteiger partial charge in [0, 0.05) is 5.56 Å². The minimum atomic E-state index is -0.405. The zero-order valence-corrected chi connectivity index (χ0v) is 9.85. The van der Waals surface area contributed by atoms with Crippen molar-refractivity contribution < 1.29 is 14.6 Å². The molecule has 92 valence electrons. The molecule has 0 radical (unpaired) electrons. The molecule has 0 aliphatic heterocycles. The molecule has 17 heavy (non-hydrogen) atoms. The van der Waals surface area contributed by atoms with Gasteiger partial charge in [-0.25, -0.2) is 0 Å². The molecule has 1 aromatic rings. The highest BCUT2D eigenvalue weighted by atomic mass is 16.5. The quantitative estimate of drug-likeness (QED) is 0.831. The van der Waals surface area contributed by atoms with E-state index in [1.807, 2.05) is 0 Å². The fourth-order valence-electron chi connectivity index (χ4n) is 2.10. The first-order chi connectivity index (χ1) is 8.20. The predicted octanol–water partition coefficient (Wildman–Crippen LogP) is 1.34. The van der Waals surface area contributed by atoms with Crippen LogP contribution in [0.3, 0.4) is 0 Å². The molecule has 4 heteroatoms. The first-order valence-electron chi connectivity index (χ1n) is 5.83. The number of hydrogen-bond acceptors (Lipinski definition) is 3. The second kappa shape index (κ2) is 5.19. The Hall–Kier alpha value is -1.55. The summed E-state index contributed by atoms with van der Waals surface area (Å²) in [6, 6.07) is 6.83. The van der Waals surface area contributed by atoms with Crippen molar-refractivity contribution in [3.63, 3.8) is 0 Å². The Balaban J connectivity index is 1.99. The average molecular weight is 235 g/mol. The minimum absolute atomic E-state index is 0.107. The normalized spacial score (nSPS) is 23.4. The maximum atomic E-state index is 11.9. The van der Waals surface area contributed by atoms with E-state index in [4.69, 9.17) is 4.74 Å². The van der Waals surface area contributed by atoms with E-state index in [1.54, 1.807) is 31.4 Å². The molecule has 4 nitrogen and oxygen atoms in total. The van der Waals surface area contributed by atoms with E-state index < -0.39 is 6.10 Å². The number of ether oxygens (including phenoxy) is 1. The molecule has 0 bridgehead atoms. The van der Waals surface area contributed by atoms with Gasteiger partial charge in [-0.05, 0) is 43.5 Å². The molecule has 1 aliphatic rings. The third-order valence-corrected chi connectivity index (χ3v) is 3.15. The molecule has 2 unspecified atom stereocenters. The smallest absolute Gasteiger partial charge is 0.251 e. The third kappa shape index (κ3) is 2.77. The number of benzene rings is 1. The van der Waals surface area contributed by atoms with Crippen molar-refractivity contribution in [2.75, 3.05) is 7.11 Å². The van der Waals surface area contributed by atoms with E-state index in [0.717, 1.165) is 25.0 Å². The van der Waals surface area contributed by atoms with Crippen LogP contribution in [-0.2, 0) is 0 Å². The second-order valence-electron chi connectivity index (χ2n) is 4.31. The summed E-state index contributed by atoms with van der Waals surface area (Å²) in [6.45, 7) is 0. The number of amides is 1. The molecule has 1 amide bonds. The highest BCUT2D eigenvalue weighted by Gasteiger charge is 2.26.